The first-order chi connectivity index (χ1) is 13.1. The quantitative estimate of drug-likeness (QED) is 0.877. The largest absolute Gasteiger partial charge is 0.497 e. The standard InChI is InChI=1S/C20H19N3O4/c1-27-14-8-6-13(7-9-14)19(25)22-10-11-23-17(12-22)18(24)21-16-5-3-2-4-15(16)20(23)26/h2-9,17H,10-12H2,1H3,(H,21,24)/t17-/m0/s1. The van der Waals surface area contributed by atoms with Crippen LogP contribution in [0.15, 0.2) is 48.5 Å². The number of ether oxygens (including phenoxy) is 1. The molecule has 7 nitrogen and oxygen atoms in total. The molecule has 2 aliphatic rings. The first-order valence-electron chi connectivity index (χ1n) is 8.72. The van der Waals surface area contributed by atoms with Gasteiger partial charge in [0.15, 0.2) is 0 Å². The van der Waals surface area contributed by atoms with E-state index in [1.807, 2.05) is 0 Å². The molecule has 7 heteroatoms. The molecule has 2 heterocycles. The Morgan fingerprint density at radius 2 is 1.81 bits per heavy atom. The number of nitrogens with one attached hydrogen (secondary N) is 1. The fourth-order valence-corrected chi connectivity index (χ4v) is 3.50. The Balaban J connectivity index is 1.56. The van der Waals surface area contributed by atoms with Crippen molar-refractivity contribution in [2.24, 2.45) is 0 Å². The maximum absolute atomic E-state index is 12.8. The summed E-state index contributed by atoms with van der Waals surface area (Å²) in [5.74, 6) is 0.0354. The van der Waals surface area contributed by atoms with Crippen LogP contribution >= 0.6 is 0 Å². The van der Waals surface area contributed by atoms with Crippen molar-refractivity contribution in [3.8, 4) is 5.75 Å². The summed E-state index contributed by atoms with van der Waals surface area (Å²) in [6.45, 7) is 0.853. The van der Waals surface area contributed by atoms with E-state index in [1.165, 1.54) is 0 Å². The first-order valence-corrected chi connectivity index (χ1v) is 8.72. The minimum absolute atomic E-state index is 0.163. The monoisotopic (exact) mass is 365 g/mol. The van der Waals surface area contributed by atoms with Gasteiger partial charge in [-0.05, 0) is 36.4 Å². The first kappa shape index (κ1) is 17.1. The van der Waals surface area contributed by atoms with Crippen LogP contribution in [-0.4, -0.2) is 60.3 Å². The highest BCUT2D eigenvalue weighted by molar-refractivity contribution is 6.10. The molecule has 2 aliphatic heterocycles. The summed E-state index contributed by atoms with van der Waals surface area (Å²) in [7, 11) is 1.57. The fraction of sp³-hybridized carbons (Fsp3) is 0.250. The summed E-state index contributed by atoms with van der Waals surface area (Å²) in [5.41, 5.74) is 1.51. The number of carbonyl (C=O) groups is 3. The number of carbonyl (C=O) groups excluding carboxylic acids is 3. The Morgan fingerprint density at radius 1 is 1.07 bits per heavy atom. The van der Waals surface area contributed by atoms with Gasteiger partial charge in [-0.2, -0.15) is 0 Å². The molecule has 0 bridgehead atoms. The van der Waals surface area contributed by atoms with Crippen molar-refractivity contribution in [3.63, 3.8) is 0 Å². The van der Waals surface area contributed by atoms with E-state index < -0.39 is 6.04 Å². The summed E-state index contributed by atoms with van der Waals surface area (Å²) in [6.07, 6.45) is 0. The predicted molar refractivity (Wildman–Crippen MR) is 98.8 cm³/mol. The van der Waals surface area contributed by atoms with E-state index in [4.69, 9.17) is 4.74 Å². The minimum Gasteiger partial charge on any atom is -0.497 e. The van der Waals surface area contributed by atoms with Crippen LogP contribution in [0.5, 0.6) is 5.75 Å². The number of fused-ring (bicyclic) bond motifs is 2. The van der Waals surface area contributed by atoms with Crippen LogP contribution in [0.2, 0.25) is 0 Å². The molecule has 0 aliphatic carbocycles. The Bertz CT molecular complexity index is 910. The number of nitrogens with zero attached hydrogens (tertiary/aromatic N) is 2. The van der Waals surface area contributed by atoms with E-state index in [0.29, 0.717) is 35.7 Å². The number of hydrogen-bond donors (Lipinski definition) is 1. The van der Waals surface area contributed by atoms with Crippen LogP contribution in [0.3, 0.4) is 0 Å². The smallest absolute Gasteiger partial charge is 0.256 e. The van der Waals surface area contributed by atoms with Gasteiger partial charge in [-0.3, -0.25) is 14.4 Å². The molecule has 3 amide bonds. The van der Waals surface area contributed by atoms with Crippen LogP contribution in [-0.2, 0) is 4.79 Å². The van der Waals surface area contributed by atoms with Crippen LogP contribution in [0.1, 0.15) is 20.7 Å². The predicted octanol–water partition coefficient (Wildman–Crippen LogP) is 1.61. The van der Waals surface area contributed by atoms with Crippen molar-refractivity contribution in [2.45, 2.75) is 6.04 Å². The second kappa shape index (κ2) is 6.75. The molecule has 0 unspecified atom stereocenters. The number of hydrogen-bond acceptors (Lipinski definition) is 4. The molecular weight excluding hydrogens is 346 g/mol. The molecule has 138 valence electrons. The maximum Gasteiger partial charge on any atom is 0.256 e. The van der Waals surface area contributed by atoms with Crippen molar-refractivity contribution in [1.29, 1.82) is 0 Å². The highest BCUT2D eigenvalue weighted by Crippen LogP contribution is 2.25. The van der Waals surface area contributed by atoms with Crippen molar-refractivity contribution in [2.75, 3.05) is 32.1 Å². The van der Waals surface area contributed by atoms with Crippen LogP contribution in [0.4, 0.5) is 5.69 Å². The average Bonchev–Trinajstić information content (AvgIpc) is 2.82. The lowest BCUT2D eigenvalue weighted by molar-refractivity contribution is -0.121. The molecule has 2 aromatic carbocycles. The van der Waals surface area contributed by atoms with Gasteiger partial charge in [0.2, 0.25) is 5.91 Å². The van der Waals surface area contributed by atoms with Crippen LogP contribution in [0, 0.1) is 0 Å². The molecule has 0 saturated carbocycles. The molecular formula is C20H19N3O4. The van der Waals surface area contributed by atoms with Gasteiger partial charge in [0.05, 0.1) is 24.9 Å². The molecule has 1 N–H and O–H groups in total. The molecule has 0 spiro atoms. The molecule has 0 radical (unpaired) electrons. The fourth-order valence-electron chi connectivity index (χ4n) is 3.50. The van der Waals surface area contributed by atoms with E-state index in [1.54, 1.807) is 65.4 Å². The zero-order valence-corrected chi connectivity index (χ0v) is 14.8. The van der Waals surface area contributed by atoms with Gasteiger partial charge in [-0.15, -0.1) is 0 Å². The summed E-state index contributed by atoms with van der Waals surface area (Å²) in [6, 6.07) is 13.1. The maximum atomic E-state index is 12.8. The molecule has 1 saturated heterocycles. The van der Waals surface area contributed by atoms with E-state index in [9.17, 15) is 14.4 Å². The zero-order valence-electron chi connectivity index (χ0n) is 14.8. The van der Waals surface area contributed by atoms with E-state index >= 15 is 0 Å². The Kier molecular flexibility index (Phi) is 4.27. The van der Waals surface area contributed by atoms with Gasteiger partial charge in [0.25, 0.3) is 11.8 Å². The topological polar surface area (TPSA) is 79.0 Å². The van der Waals surface area contributed by atoms with Gasteiger partial charge in [0, 0.05) is 18.7 Å². The number of rotatable bonds is 2. The summed E-state index contributed by atoms with van der Waals surface area (Å²) in [5, 5.41) is 2.81. The molecule has 2 aromatic rings. The second-order valence-corrected chi connectivity index (χ2v) is 6.53. The third kappa shape index (κ3) is 3.01. The van der Waals surface area contributed by atoms with Gasteiger partial charge < -0.3 is 19.9 Å². The minimum atomic E-state index is -0.708. The number of piperazine rings is 1. The van der Waals surface area contributed by atoms with E-state index in [0.717, 1.165) is 0 Å². The Labute approximate surface area is 156 Å². The number of para-hydroxylation sites is 1. The molecule has 0 aromatic heterocycles. The van der Waals surface area contributed by atoms with Gasteiger partial charge in [0.1, 0.15) is 11.8 Å². The number of benzene rings is 2. The lowest BCUT2D eigenvalue weighted by Gasteiger charge is -2.39. The highest BCUT2D eigenvalue weighted by atomic mass is 16.5. The van der Waals surface area contributed by atoms with Crippen molar-refractivity contribution in [3.05, 3.63) is 59.7 Å². The van der Waals surface area contributed by atoms with Crippen LogP contribution < -0.4 is 10.1 Å². The normalized spacial score (nSPS) is 18.9. The van der Waals surface area contributed by atoms with E-state index in [-0.39, 0.29) is 24.3 Å². The highest BCUT2D eigenvalue weighted by Gasteiger charge is 2.40. The van der Waals surface area contributed by atoms with Crippen molar-refractivity contribution < 1.29 is 19.1 Å². The molecule has 4 rings (SSSR count). The number of methoxy groups -OCH3 is 1. The van der Waals surface area contributed by atoms with Gasteiger partial charge in [-0.25, -0.2) is 0 Å². The SMILES string of the molecule is COc1ccc(C(=O)N2CCN3C(=O)c4ccccc4NC(=O)[C@@H]3C2)cc1. The molecule has 27 heavy (non-hydrogen) atoms. The lowest BCUT2D eigenvalue weighted by atomic mass is 10.1. The number of anilines is 1. The molecule has 1 fully saturated rings. The average molecular weight is 365 g/mol. The lowest BCUT2D eigenvalue weighted by Crippen LogP contribution is -2.59. The summed E-state index contributed by atoms with van der Waals surface area (Å²) >= 11 is 0. The zero-order chi connectivity index (χ0) is 19.0. The third-order valence-corrected chi connectivity index (χ3v) is 4.98. The third-order valence-electron chi connectivity index (χ3n) is 4.98. The Morgan fingerprint density at radius 3 is 2.56 bits per heavy atom. The van der Waals surface area contributed by atoms with Gasteiger partial charge >= 0.3 is 0 Å². The molecule has 1 atom stereocenters. The second-order valence-electron chi connectivity index (χ2n) is 6.53. The van der Waals surface area contributed by atoms with E-state index in [2.05, 4.69) is 5.32 Å². The number of amides is 3. The van der Waals surface area contributed by atoms with Gasteiger partial charge in [-0.1, -0.05) is 12.1 Å². The summed E-state index contributed by atoms with van der Waals surface area (Å²) < 4.78 is 5.11. The van der Waals surface area contributed by atoms with Crippen LogP contribution in [0.25, 0.3) is 0 Å². The Hall–Kier alpha value is -3.35. The van der Waals surface area contributed by atoms with Crippen molar-refractivity contribution >= 4 is 23.4 Å². The van der Waals surface area contributed by atoms with Crippen molar-refractivity contribution in [1.82, 2.24) is 9.80 Å². The summed E-state index contributed by atoms with van der Waals surface area (Å²) in [4.78, 5) is 41.5.